The summed E-state index contributed by atoms with van der Waals surface area (Å²) in [5.74, 6) is 0. The van der Waals surface area contributed by atoms with Gasteiger partial charge in [0.2, 0.25) is 0 Å². The van der Waals surface area contributed by atoms with Crippen LogP contribution in [0.4, 0.5) is 4.79 Å². The number of amides is 1. The van der Waals surface area contributed by atoms with Gasteiger partial charge in [0.1, 0.15) is 5.60 Å². The molecule has 1 saturated carbocycles. The summed E-state index contributed by atoms with van der Waals surface area (Å²) in [5.41, 5.74) is 0.518. The molecule has 4 nitrogen and oxygen atoms in total. The number of carbonyl (C=O) groups excluding carboxylic acids is 1. The average molecular weight is 379 g/mol. The first-order valence-corrected chi connectivity index (χ1v) is 9.43. The Hall–Kier alpha value is -0.490. The van der Waals surface area contributed by atoms with E-state index in [1.807, 2.05) is 26.8 Å². The van der Waals surface area contributed by atoms with Crippen LogP contribution in [0.5, 0.6) is 0 Å². The van der Waals surface area contributed by atoms with E-state index in [2.05, 4.69) is 17.6 Å². The Kier molecular flexibility index (Phi) is 6.22. The van der Waals surface area contributed by atoms with Crippen LogP contribution in [0.2, 0.25) is 8.67 Å². The monoisotopic (exact) mass is 378 g/mol. The first-order chi connectivity index (χ1) is 10.7. The fraction of sp³-hybridized carbons (Fsp3) is 0.688. The Bertz CT molecular complexity index is 557. The van der Waals surface area contributed by atoms with E-state index >= 15 is 0 Å². The topological polar surface area (TPSA) is 50.4 Å². The van der Waals surface area contributed by atoms with Gasteiger partial charge in [-0.2, -0.15) is 0 Å². The smallest absolute Gasteiger partial charge is 0.407 e. The van der Waals surface area contributed by atoms with E-state index in [0.29, 0.717) is 8.67 Å². The highest BCUT2D eigenvalue weighted by Crippen LogP contribution is 2.35. The van der Waals surface area contributed by atoms with Gasteiger partial charge < -0.3 is 15.4 Å². The van der Waals surface area contributed by atoms with Crippen molar-refractivity contribution in [2.45, 2.75) is 70.7 Å². The van der Waals surface area contributed by atoms with E-state index in [4.69, 9.17) is 27.9 Å². The fourth-order valence-corrected chi connectivity index (χ4v) is 4.50. The molecule has 0 saturated heterocycles. The zero-order valence-corrected chi connectivity index (χ0v) is 16.2. The van der Waals surface area contributed by atoms with Gasteiger partial charge in [0, 0.05) is 18.1 Å². The minimum atomic E-state index is -0.486. The van der Waals surface area contributed by atoms with Crippen LogP contribution < -0.4 is 10.6 Å². The zero-order chi connectivity index (χ0) is 17.2. The Morgan fingerprint density at radius 2 is 2.00 bits per heavy atom. The molecular formula is C16H24Cl2N2O2S. The maximum absolute atomic E-state index is 12.0. The van der Waals surface area contributed by atoms with E-state index in [1.165, 1.54) is 11.3 Å². The van der Waals surface area contributed by atoms with Crippen molar-refractivity contribution in [3.63, 3.8) is 0 Å². The minimum absolute atomic E-state index is 0.0696. The number of hydrogen-bond acceptors (Lipinski definition) is 4. The molecule has 0 aliphatic heterocycles. The van der Waals surface area contributed by atoms with Gasteiger partial charge in [-0.1, -0.05) is 23.2 Å². The second kappa shape index (κ2) is 7.60. The van der Waals surface area contributed by atoms with Crippen molar-refractivity contribution in [1.82, 2.24) is 10.6 Å². The lowest BCUT2D eigenvalue weighted by atomic mass is 10.1. The zero-order valence-electron chi connectivity index (χ0n) is 13.9. The lowest BCUT2D eigenvalue weighted by Gasteiger charge is -2.27. The number of carbonyl (C=O) groups is 1. The number of alkyl carbamates (subject to hydrolysis) is 1. The van der Waals surface area contributed by atoms with Crippen LogP contribution in [0.1, 0.15) is 58.6 Å². The number of ether oxygens (including phenoxy) is 1. The van der Waals surface area contributed by atoms with Crippen LogP contribution in [0, 0.1) is 0 Å². The van der Waals surface area contributed by atoms with Gasteiger partial charge in [-0.15, -0.1) is 11.3 Å². The van der Waals surface area contributed by atoms with Crippen LogP contribution in [0.15, 0.2) is 6.07 Å². The Labute approximate surface area is 151 Å². The number of nitrogens with one attached hydrogen (secondary N) is 2. The van der Waals surface area contributed by atoms with Crippen molar-refractivity contribution in [3.8, 4) is 0 Å². The molecule has 1 aliphatic carbocycles. The molecule has 0 spiro atoms. The largest absolute Gasteiger partial charge is 0.444 e. The van der Waals surface area contributed by atoms with E-state index in [-0.39, 0.29) is 24.2 Å². The summed E-state index contributed by atoms with van der Waals surface area (Å²) in [6, 6.07) is 2.25. The quantitative estimate of drug-likeness (QED) is 0.761. The lowest BCUT2D eigenvalue weighted by Crippen LogP contribution is -2.48. The minimum Gasteiger partial charge on any atom is -0.444 e. The molecule has 1 amide bonds. The molecule has 1 aromatic heterocycles. The molecule has 1 aliphatic rings. The standard InChI is InChI=1S/C16H24Cl2N2O2S/c1-9(10-8-13(17)23-14(10)18)19-11-6-5-7-12(11)20-15(21)22-16(2,3)4/h8-9,11-12,19H,5-7H2,1-4H3,(H,20,21). The third kappa shape index (κ3) is 5.52. The van der Waals surface area contributed by atoms with Gasteiger partial charge >= 0.3 is 6.09 Å². The Balaban J connectivity index is 1.94. The maximum Gasteiger partial charge on any atom is 0.407 e. The van der Waals surface area contributed by atoms with Crippen molar-refractivity contribution in [1.29, 1.82) is 0 Å². The second-order valence-electron chi connectivity index (χ2n) is 6.96. The number of halogens is 2. The normalized spacial score (nSPS) is 22.9. The first-order valence-electron chi connectivity index (χ1n) is 7.86. The van der Waals surface area contributed by atoms with Crippen LogP contribution >= 0.6 is 34.5 Å². The predicted octanol–water partition coefficient (Wildman–Crippen LogP) is 5.15. The van der Waals surface area contributed by atoms with Crippen LogP contribution in [0.3, 0.4) is 0 Å². The molecular weight excluding hydrogens is 355 g/mol. The molecule has 1 heterocycles. The summed E-state index contributed by atoms with van der Waals surface area (Å²) in [5, 5.41) is 6.54. The van der Waals surface area contributed by atoms with Crippen LogP contribution in [-0.2, 0) is 4.74 Å². The molecule has 1 aromatic rings. The van der Waals surface area contributed by atoms with E-state index < -0.39 is 5.60 Å². The van der Waals surface area contributed by atoms with Gasteiger partial charge in [-0.3, -0.25) is 0 Å². The summed E-state index contributed by atoms with van der Waals surface area (Å²) in [4.78, 5) is 12.0. The Morgan fingerprint density at radius 3 is 2.57 bits per heavy atom. The number of rotatable bonds is 4. The molecule has 3 atom stereocenters. The van der Waals surface area contributed by atoms with E-state index in [0.717, 1.165) is 24.8 Å². The molecule has 0 radical (unpaired) electrons. The molecule has 2 N–H and O–H groups in total. The maximum atomic E-state index is 12.0. The summed E-state index contributed by atoms with van der Waals surface area (Å²) in [6.45, 7) is 7.65. The van der Waals surface area contributed by atoms with Gasteiger partial charge in [0.05, 0.1) is 8.67 Å². The third-order valence-corrected chi connectivity index (χ3v) is 5.35. The van der Waals surface area contributed by atoms with Crippen molar-refractivity contribution in [2.75, 3.05) is 0 Å². The van der Waals surface area contributed by atoms with Gasteiger partial charge in [0.25, 0.3) is 0 Å². The average Bonchev–Trinajstić information content (AvgIpc) is 2.94. The van der Waals surface area contributed by atoms with Gasteiger partial charge in [-0.05, 0) is 58.6 Å². The predicted molar refractivity (Wildman–Crippen MR) is 96.7 cm³/mol. The molecule has 23 heavy (non-hydrogen) atoms. The van der Waals surface area contributed by atoms with Crippen molar-refractivity contribution in [3.05, 3.63) is 20.3 Å². The van der Waals surface area contributed by atoms with Crippen LogP contribution in [0.25, 0.3) is 0 Å². The number of hydrogen-bond donors (Lipinski definition) is 2. The lowest BCUT2D eigenvalue weighted by molar-refractivity contribution is 0.0497. The summed E-state index contributed by atoms with van der Waals surface area (Å²) >= 11 is 13.6. The molecule has 130 valence electrons. The summed E-state index contributed by atoms with van der Waals surface area (Å²) < 4.78 is 6.75. The van der Waals surface area contributed by atoms with Gasteiger partial charge in [0.15, 0.2) is 0 Å². The van der Waals surface area contributed by atoms with E-state index in [1.54, 1.807) is 0 Å². The SMILES string of the molecule is CC(NC1CCCC1NC(=O)OC(C)(C)C)c1cc(Cl)sc1Cl. The second-order valence-corrected chi connectivity index (χ2v) is 9.24. The highest BCUT2D eigenvalue weighted by Gasteiger charge is 2.31. The Morgan fingerprint density at radius 1 is 1.35 bits per heavy atom. The summed E-state index contributed by atoms with van der Waals surface area (Å²) in [7, 11) is 0. The molecule has 0 aromatic carbocycles. The molecule has 3 unspecified atom stereocenters. The molecule has 7 heteroatoms. The highest BCUT2D eigenvalue weighted by atomic mass is 35.5. The van der Waals surface area contributed by atoms with Crippen LogP contribution in [-0.4, -0.2) is 23.8 Å². The highest BCUT2D eigenvalue weighted by molar-refractivity contribution is 7.20. The summed E-state index contributed by atoms with van der Waals surface area (Å²) in [6.07, 6.45) is 2.67. The third-order valence-electron chi connectivity index (χ3n) is 3.83. The van der Waals surface area contributed by atoms with Crippen molar-refractivity contribution < 1.29 is 9.53 Å². The van der Waals surface area contributed by atoms with Crippen molar-refractivity contribution in [2.24, 2.45) is 0 Å². The first kappa shape index (κ1) is 18.8. The fourth-order valence-electron chi connectivity index (χ4n) is 2.85. The molecule has 0 bridgehead atoms. The van der Waals surface area contributed by atoms with E-state index in [9.17, 15) is 4.79 Å². The van der Waals surface area contributed by atoms with Gasteiger partial charge in [-0.25, -0.2) is 4.79 Å². The molecule has 1 fully saturated rings. The number of thiophene rings is 1. The molecule has 2 rings (SSSR count). The van der Waals surface area contributed by atoms with Crippen molar-refractivity contribution >= 4 is 40.6 Å².